The monoisotopic (exact) mass is 391 g/mol. The molecule has 1 aliphatic carbocycles. The lowest BCUT2D eigenvalue weighted by Crippen LogP contribution is -2.44. The average molecular weight is 391 g/mol. The summed E-state index contributed by atoms with van der Waals surface area (Å²) in [6, 6.07) is 18.5. The lowest BCUT2D eigenvalue weighted by atomic mass is 9.88. The van der Waals surface area contributed by atoms with Gasteiger partial charge in [-0.05, 0) is 65.3 Å². The number of hydrogen-bond donors (Lipinski definition) is 1. The molecule has 1 aliphatic rings. The Morgan fingerprint density at radius 3 is 2.38 bits per heavy atom. The van der Waals surface area contributed by atoms with Crippen LogP contribution in [0, 0.1) is 3.57 Å². The second-order valence-electron chi connectivity index (χ2n) is 5.65. The lowest BCUT2D eigenvalue weighted by molar-refractivity contribution is -0.121. The number of anilines is 1. The number of Topliss-reactive ketones (excluding diaryl/α,β-unsaturated/α-hetero) is 1. The van der Waals surface area contributed by atoms with Crippen LogP contribution in [0.5, 0.6) is 0 Å². The maximum absolute atomic E-state index is 12.5. The molecule has 21 heavy (non-hydrogen) atoms. The first kappa shape index (κ1) is 14.6. The van der Waals surface area contributed by atoms with Gasteiger partial charge in [0.25, 0.3) is 0 Å². The molecule has 0 spiro atoms. The molecule has 0 amide bonds. The molecule has 2 nitrogen and oxygen atoms in total. The molecule has 108 valence electrons. The van der Waals surface area contributed by atoms with Gasteiger partial charge in [-0.25, -0.2) is 0 Å². The molecule has 2 aromatic rings. The molecule has 0 saturated heterocycles. The number of halogens is 1. The van der Waals surface area contributed by atoms with E-state index < -0.39 is 5.54 Å². The largest absolute Gasteiger partial charge is 0.373 e. The highest BCUT2D eigenvalue weighted by molar-refractivity contribution is 14.1. The van der Waals surface area contributed by atoms with Crippen molar-refractivity contribution in [1.82, 2.24) is 0 Å². The molecule has 1 N–H and O–H groups in total. The summed E-state index contributed by atoms with van der Waals surface area (Å²) in [6.45, 7) is 0. The highest BCUT2D eigenvalue weighted by Crippen LogP contribution is 2.33. The maximum Gasteiger partial charge on any atom is 0.158 e. The van der Waals surface area contributed by atoms with Gasteiger partial charge >= 0.3 is 0 Å². The van der Waals surface area contributed by atoms with E-state index >= 15 is 0 Å². The van der Waals surface area contributed by atoms with Crippen LogP contribution < -0.4 is 5.32 Å². The van der Waals surface area contributed by atoms with Crippen molar-refractivity contribution < 1.29 is 4.79 Å². The van der Waals surface area contributed by atoms with Gasteiger partial charge in [-0.3, -0.25) is 4.79 Å². The molecule has 1 atom stereocenters. The zero-order valence-corrected chi connectivity index (χ0v) is 14.0. The minimum Gasteiger partial charge on any atom is -0.373 e. The molecular weight excluding hydrogens is 373 g/mol. The Kier molecular flexibility index (Phi) is 4.29. The van der Waals surface area contributed by atoms with Crippen LogP contribution in [0.25, 0.3) is 0 Å². The van der Waals surface area contributed by atoms with Crippen LogP contribution in [0.1, 0.15) is 24.8 Å². The second kappa shape index (κ2) is 6.18. The summed E-state index contributed by atoms with van der Waals surface area (Å²) < 4.78 is 1.20. The Labute approximate surface area is 139 Å². The van der Waals surface area contributed by atoms with Gasteiger partial charge in [0.2, 0.25) is 0 Å². The van der Waals surface area contributed by atoms with Gasteiger partial charge < -0.3 is 5.32 Å². The van der Waals surface area contributed by atoms with Gasteiger partial charge in [-0.2, -0.15) is 0 Å². The molecule has 3 rings (SSSR count). The molecule has 1 saturated carbocycles. The molecule has 2 aromatic carbocycles. The Hall–Kier alpha value is -1.36. The van der Waals surface area contributed by atoms with Crippen LogP contribution >= 0.6 is 22.6 Å². The van der Waals surface area contributed by atoms with Crippen molar-refractivity contribution in [2.75, 3.05) is 5.32 Å². The quantitative estimate of drug-likeness (QED) is 0.781. The van der Waals surface area contributed by atoms with Crippen LogP contribution in [-0.4, -0.2) is 11.3 Å². The maximum atomic E-state index is 12.5. The zero-order valence-electron chi connectivity index (χ0n) is 11.8. The fourth-order valence-electron chi connectivity index (χ4n) is 3.05. The van der Waals surface area contributed by atoms with Crippen LogP contribution in [0.15, 0.2) is 54.6 Å². The number of carbonyl (C=O) groups excluding carboxylic acids is 1. The SMILES string of the molecule is O=C1CCCC1(Cc1ccccc1)Nc1ccc(I)cc1. The topological polar surface area (TPSA) is 29.1 Å². The molecular formula is C18H18INO. The van der Waals surface area contributed by atoms with E-state index in [0.717, 1.165) is 24.9 Å². The van der Waals surface area contributed by atoms with Crippen LogP contribution in [0.4, 0.5) is 5.69 Å². The van der Waals surface area contributed by atoms with Crippen molar-refractivity contribution in [3.8, 4) is 0 Å². The van der Waals surface area contributed by atoms with E-state index in [1.54, 1.807) is 0 Å². The number of benzene rings is 2. The predicted octanol–water partition coefficient (Wildman–Crippen LogP) is 4.44. The fourth-order valence-corrected chi connectivity index (χ4v) is 3.41. The summed E-state index contributed by atoms with van der Waals surface area (Å²) in [5.41, 5.74) is 1.81. The van der Waals surface area contributed by atoms with E-state index in [2.05, 4.69) is 64.3 Å². The van der Waals surface area contributed by atoms with Crippen molar-refractivity contribution in [2.24, 2.45) is 0 Å². The Balaban J connectivity index is 1.87. The van der Waals surface area contributed by atoms with Crippen molar-refractivity contribution in [3.63, 3.8) is 0 Å². The third kappa shape index (κ3) is 3.28. The molecule has 1 fully saturated rings. The van der Waals surface area contributed by atoms with Gasteiger partial charge in [-0.1, -0.05) is 30.3 Å². The molecule has 0 aromatic heterocycles. The van der Waals surface area contributed by atoms with Crippen molar-refractivity contribution in [3.05, 3.63) is 63.7 Å². The highest BCUT2D eigenvalue weighted by Gasteiger charge is 2.41. The van der Waals surface area contributed by atoms with Crippen LogP contribution in [0.3, 0.4) is 0 Å². The number of rotatable bonds is 4. The Morgan fingerprint density at radius 2 is 1.76 bits per heavy atom. The smallest absolute Gasteiger partial charge is 0.158 e. The summed E-state index contributed by atoms with van der Waals surface area (Å²) >= 11 is 2.29. The number of hydrogen-bond acceptors (Lipinski definition) is 2. The van der Waals surface area contributed by atoms with Crippen LogP contribution in [0.2, 0.25) is 0 Å². The summed E-state index contributed by atoms with van der Waals surface area (Å²) in [5, 5.41) is 3.53. The summed E-state index contributed by atoms with van der Waals surface area (Å²) in [4.78, 5) is 12.5. The fraction of sp³-hybridized carbons (Fsp3) is 0.278. The number of carbonyl (C=O) groups is 1. The Bertz CT molecular complexity index is 623. The van der Waals surface area contributed by atoms with Gasteiger partial charge in [0.1, 0.15) is 5.54 Å². The van der Waals surface area contributed by atoms with Gasteiger partial charge in [0.15, 0.2) is 5.78 Å². The van der Waals surface area contributed by atoms with Crippen molar-refractivity contribution in [1.29, 1.82) is 0 Å². The molecule has 0 radical (unpaired) electrons. The van der Waals surface area contributed by atoms with E-state index in [4.69, 9.17) is 0 Å². The van der Waals surface area contributed by atoms with E-state index in [1.165, 1.54) is 9.13 Å². The first-order chi connectivity index (χ1) is 10.2. The van der Waals surface area contributed by atoms with E-state index in [1.807, 2.05) is 18.2 Å². The minimum absolute atomic E-state index is 0.338. The number of ketones is 1. The third-order valence-corrected chi connectivity index (χ3v) is 4.84. The molecule has 0 bridgehead atoms. The summed E-state index contributed by atoms with van der Waals surface area (Å²) in [6.07, 6.45) is 3.33. The standard InChI is InChI=1S/C18H18INO/c19-15-8-10-16(11-9-15)20-18(12-4-7-17(18)21)13-14-5-2-1-3-6-14/h1-3,5-6,8-11,20H,4,7,12-13H2. The summed E-state index contributed by atoms with van der Waals surface area (Å²) in [5.74, 6) is 0.338. The first-order valence-corrected chi connectivity index (χ1v) is 8.37. The number of nitrogens with one attached hydrogen (secondary N) is 1. The average Bonchev–Trinajstić information content (AvgIpc) is 2.83. The predicted molar refractivity (Wildman–Crippen MR) is 94.5 cm³/mol. The normalized spacial score (nSPS) is 21.5. The van der Waals surface area contributed by atoms with E-state index in [-0.39, 0.29) is 0 Å². The molecule has 1 unspecified atom stereocenters. The van der Waals surface area contributed by atoms with Crippen molar-refractivity contribution >= 4 is 34.1 Å². The molecule has 0 aliphatic heterocycles. The first-order valence-electron chi connectivity index (χ1n) is 7.29. The molecule has 3 heteroatoms. The van der Waals surface area contributed by atoms with E-state index in [0.29, 0.717) is 12.2 Å². The van der Waals surface area contributed by atoms with Gasteiger partial charge in [-0.15, -0.1) is 0 Å². The molecule has 0 heterocycles. The van der Waals surface area contributed by atoms with Gasteiger partial charge in [0, 0.05) is 22.1 Å². The van der Waals surface area contributed by atoms with Gasteiger partial charge in [0.05, 0.1) is 0 Å². The minimum atomic E-state index is -0.436. The Morgan fingerprint density at radius 1 is 1.05 bits per heavy atom. The van der Waals surface area contributed by atoms with Crippen LogP contribution in [-0.2, 0) is 11.2 Å². The van der Waals surface area contributed by atoms with E-state index in [9.17, 15) is 4.79 Å². The second-order valence-corrected chi connectivity index (χ2v) is 6.90. The van der Waals surface area contributed by atoms with Crippen molar-refractivity contribution in [2.45, 2.75) is 31.2 Å². The lowest BCUT2D eigenvalue weighted by Gasteiger charge is -2.30. The third-order valence-electron chi connectivity index (χ3n) is 4.12. The highest BCUT2D eigenvalue weighted by atomic mass is 127. The summed E-state index contributed by atoms with van der Waals surface area (Å²) in [7, 11) is 0. The zero-order chi connectivity index (χ0) is 14.7.